The number of carbonyl (C=O) groups is 2. The fourth-order valence-electron chi connectivity index (χ4n) is 2.94. The van der Waals surface area contributed by atoms with Crippen molar-refractivity contribution in [2.75, 3.05) is 6.54 Å². The van der Waals surface area contributed by atoms with Crippen molar-refractivity contribution < 1.29 is 23.1 Å². The number of nitrogens with one attached hydrogen (secondary N) is 3. The van der Waals surface area contributed by atoms with Gasteiger partial charge < -0.3 is 15.7 Å². The Balaban J connectivity index is 1.68. The number of β-amino-alcohol motifs (C(OH)–C–C–N with tert-alkyl or cyclic N) is 1. The molecule has 3 fully saturated rings. The van der Waals surface area contributed by atoms with Crippen LogP contribution in [0.15, 0.2) is 12.7 Å². The van der Waals surface area contributed by atoms with Gasteiger partial charge >= 0.3 is 0 Å². The minimum absolute atomic E-state index is 0.267. The molecule has 3 rings (SSSR count). The highest BCUT2D eigenvalue weighted by Crippen LogP contribution is 2.45. The van der Waals surface area contributed by atoms with Gasteiger partial charge in [0.05, 0.1) is 17.4 Å². The predicted molar refractivity (Wildman–Crippen MR) is 81.7 cm³/mol. The Morgan fingerprint density at radius 3 is 2.52 bits per heavy atom. The van der Waals surface area contributed by atoms with Gasteiger partial charge in [-0.25, -0.2) is 8.42 Å². The van der Waals surface area contributed by atoms with Gasteiger partial charge in [-0.05, 0) is 25.7 Å². The standard InChI is InChI=1S/C14H21N3O5S/c1-2-8-6-14(8,13(20)17-23(21,22)10-3-4-10)16-12(19)11-5-9(18)7-15-11/h2,8-11,15,18H,1,3-7H2,(H,16,19)(H,17,20)/t8-,9-,11+,14-/m1/s1. The topological polar surface area (TPSA) is 125 Å². The van der Waals surface area contributed by atoms with Crippen LogP contribution in [0.1, 0.15) is 25.7 Å². The quantitative estimate of drug-likeness (QED) is 0.430. The lowest BCUT2D eigenvalue weighted by atomic mass is 10.1. The number of amides is 2. The molecule has 0 bridgehead atoms. The van der Waals surface area contributed by atoms with Gasteiger partial charge in [0.15, 0.2) is 0 Å². The van der Waals surface area contributed by atoms with Crippen molar-refractivity contribution in [1.82, 2.24) is 15.4 Å². The number of carbonyl (C=O) groups excluding carboxylic acids is 2. The van der Waals surface area contributed by atoms with Crippen molar-refractivity contribution >= 4 is 21.8 Å². The van der Waals surface area contributed by atoms with E-state index in [-0.39, 0.29) is 12.3 Å². The number of aliphatic hydroxyl groups excluding tert-OH is 1. The van der Waals surface area contributed by atoms with E-state index in [1.54, 1.807) is 6.08 Å². The van der Waals surface area contributed by atoms with Crippen molar-refractivity contribution in [3.8, 4) is 0 Å². The highest BCUT2D eigenvalue weighted by Gasteiger charge is 2.61. The fraction of sp³-hybridized carbons (Fsp3) is 0.714. The van der Waals surface area contributed by atoms with Crippen molar-refractivity contribution in [3.63, 3.8) is 0 Å². The summed E-state index contributed by atoms with van der Waals surface area (Å²) < 4.78 is 26.0. The molecule has 3 aliphatic rings. The molecule has 128 valence electrons. The smallest absolute Gasteiger partial charge is 0.259 e. The van der Waals surface area contributed by atoms with E-state index in [0.29, 0.717) is 25.8 Å². The van der Waals surface area contributed by atoms with Gasteiger partial charge in [-0.2, -0.15) is 0 Å². The number of hydrogen-bond acceptors (Lipinski definition) is 6. The Bertz CT molecular complexity index is 645. The van der Waals surface area contributed by atoms with Gasteiger partial charge in [0, 0.05) is 12.5 Å². The molecule has 0 aromatic rings. The van der Waals surface area contributed by atoms with Crippen LogP contribution in [0.3, 0.4) is 0 Å². The Hall–Kier alpha value is -1.45. The van der Waals surface area contributed by atoms with Gasteiger partial charge in [0.1, 0.15) is 5.54 Å². The number of rotatable bonds is 6. The molecule has 0 radical (unpaired) electrons. The average Bonchev–Trinajstić information content (AvgIpc) is 3.37. The summed E-state index contributed by atoms with van der Waals surface area (Å²) in [5.41, 5.74) is -1.25. The molecule has 4 atom stereocenters. The molecular formula is C14H21N3O5S. The summed E-state index contributed by atoms with van der Waals surface area (Å²) >= 11 is 0. The minimum Gasteiger partial charge on any atom is -0.392 e. The van der Waals surface area contributed by atoms with Crippen LogP contribution < -0.4 is 15.4 Å². The second kappa shape index (κ2) is 5.57. The van der Waals surface area contributed by atoms with Crippen LogP contribution in [0.2, 0.25) is 0 Å². The number of hydrogen-bond donors (Lipinski definition) is 4. The van der Waals surface area contributed by atoms with E-state index < -0.39 is 44.8 Å². The van der Waals surface area contributed by atoms with Crippen LogP contribution >= 0.6 is 0 Å². The van der Waals surface area contributed by atoms with E-state index in [1.807, 2.05) is 0 Å². The van der Waals surface area contributed by atoms with Crippen LogP contribution in [-0.2, 0) is 19.6 Å². The van der Waals surface area contributed by atoms with Crippen LogP contribution in [0.5, 0.6) is 0 Å². The zero-order chi connectivity index (χ0) is 16.8. The maximum atomic E-state index is 12.4. The van der Waals surface area contributed by atoms with E-state index in [2.05, 4.69) is 21.9 Å². The lowest BCUT2D eigenvalue weighted by Gasteiger charge is -2.21. The molecule has 1 saturated heterocycles. The van der Waals surface area contributed by atoms with Gasteiger partial charge in [-0.1, -0.05) is 6.08 Å². The van der Waals surface area contributed by atoms with E-state index in [9.17, 15) is 23.1 Å². The van der Waals surface area contributed by atoms with Crippen LogP contribution in [0.4, 0.5) is 0 Å². The van der Waals surface area contributed by atoms with Gasteiger partial charge in [-0.3, -0.25) is 14.3 Å². The molecule has 8 nitrogen and oxygen atoms in total. The predicted octanol–water partition coefficient (Wildman–Crippen LogP) is -1.62. The van der Waals surface area contributed by atoms with Crippen molar-refractivity contribution in [3.05, 3.63) is 12.7 Å². The van der Waals surface area contributed by atoms with E-state index in [1.165, 1.54) is 0 Å². The maximum Gasteiger partial charge on any atom is 0.259 e. The van der Waals surface area contributed by atoms with Crippen LogP contribution in [0.25, 0.3) is 0 Å². The first-order chi connectivity index (χ1) is 10.8. The molecule has 2 saturated carbocycles. The normalized spacial score (nSPS) is 36.3. The Morgan fingerprint density at radius 2 is 2.04 bits per heavy atom. The SMILES string of the molecule is C=C[C@@H]1C[C@]1(NC(=O)[C@@H]1C[C@@H](O)CN1)C(=O)NS(=O)(=O)C1CC1. The minimum atomic E-state index is -3.67. The second-order valence-electron chi connectivity index (χ2n) is 6.53. The summed E-state index contributed by atoms with van der Waals surface area (Å²) in [5, 5.41) is 14.5. The van der Waals surface area contributed by atoms with Gasteiger partial charge in [-0.15, -0.1) is 6.58 Å². The van der Waals surface area contributed by atoms with E-state index in [4.69, 9.17) is 0 Å². The largest absolute Gasteiger partial charge is 0.392 e. The van der Waals surface area contributed by atoms with Crippen molar-refractivity contribution in [2.24, 2.45) is 5.92 Å². The highest BCUT2D eigenvalue weighted by molar-refractivity contribution is 7.90. The molecule has 2 amide bonds. The third kappa shape index (κ3) is 3.13. The molecule has 2 aliphatic carbocycles. The molecule has 4 N–H and O–H groups in total. The number of aliphatic hydroxyl groups is 1. The first-order valence-electron chi connectivity index (χ1n) is 7.70. The summed E-state index contributed by atoms with van der Waals surface area (Å²) in [5.74, 6) is -1.42. The molecule has 1 aliphatic heterocycles. The highest BCUT2D eigenvalue weighted by atomic mass is 32.2. The molecule has 9 heteroatoms. The van der Waals surface area contributed by atoms with E-state index >= 15 is 0 Å². The summed E-state index contributed by atoms with van der Waals surface area (Å²) in [6, 6.07) is -0.583. The lowest BCUT2D eigenvalue weighted by molar-refractivity contribution is -0.130. The Morgan fingerprint density at radius 1 is 1.35 bits per heavy atom. The first kappa shape index (κ1) is 16.4. The molecule has 0 spiro atoms. The third-order valence-electron chi connectivity index (χ3n) is 4.67. The average molecular weight is 343 g/mol. The monoisotopic (exact) mass is 343 g/mol. The summed E-state index contributed by atoms with van der Waals surface area (Å²) in [4.78, 5) is 24.7. The van der Waals surface area contributed by atoms with Crippen molar-refractivity contribution in [2.45, 2.75) is 48.6 Å². The third-order valence-corrected chi connectivity index (χ3v) is 6.49. The first-order valence-corrected chi connectivity index (χ1v) is 9.25. The van der Waals surface area contributed by atoms with Crippen molar-refractivity contribution in [1.29, 1.82) is 0 Å². The summed E-state index contributed by atoms with van der Waals surface area (Å²) in [6.45, 7) is 3.94. The molecular weight excluding hydrogens is 322 g/mol. The Labute approximate surface area is 134 Å². The lowest BCUT2D eigenvalue weighted by Crippen LogP contribution is -2.55. The van der Waals surface area contributed by atoms with Crippen LogP contribution in [0, 0.1) is 5.92 Å². The van der Waals surface area contributed by atoms with Gasteiger partial charge in [0.25, 0.3) is 5.91 Å². The number of sulfonamides is 1. The summed E-state index contributed by atoms with van der Waals surface area (Å²) in [6.07, 6.45) is 2.64. The summed E-state index contributed by atoms with van der Waals surface area (Å²) in [7, 11) is -3.67. The second-order valence-corrected chi connectivity index (χ2v) is 8.49. The Kier molecular flexibility index (Phi) is 3.97. The molecule has 0 unspecified atom stereocenters. The van der Waals surface area contributed by atoms with Crippen LogP contribution in [-0.4, -0.2) is 54.8 Å². The van der Waals surface area contributed by atoms with E-state index in [0.717, 1.165) is 0 Å². The maximum absolute atomic E-state index is 12.4. The zero-order valence-electron chi connectivity index (χ0n) is 12.6. The zero-order valence-corrected chi connectivity index (χ0v) is 13.4. The fourth-order valence-corrected chi connectivity index (χ4v) is 4.30. The molecule has 1 heterocycles. The molecule has 0 aromatic heterocycles. The molecule has 23 heavy (non-hydrogen) atoms. The van der Waals surface area contributed by atoms with Gasteiger partial charge in [0.2, 0.25) is 15.9 Å². The molecule has 0 aromatic carbocycles.